The van der Waals surface area contributed by atoms with E-state index >= 15 is 0 Å². The van der Waals surface area contributed by atoms with Gasteiger partial charge < -0.3 is 20.3 Å². The van der Waals surface area contributed by atoms with E-state index in [9.17, 15) is 19.8 Å². The third kappa shape index (κ3) is 76.7. The molecular weight excluding hydrogens is 1110 g/mol. The molecule has 0 saturated carbocycles. The summed E-state index contributed by atoms with van der Waals surface area (Å²) >= 11 is 0. The maximum atomic E-state index is 12.6. The number of nitrogens with one attached hydrogen (secondary N) is 1. The van der Waals surface area contributed by atoms with Gasteiger partial charge in [-0.05, 0) is 89.9 Å². The van der Waals surface area contributed by atoms with Gasteiger partial charge in [0.1, 0.15) is 0 Å². The van der Waals surface area contributed by atoms with E-state index in [0.717, 1.165) is 51.4 Å². The third-order valence-corrected chi connectivity index (χ3v) is 19.3. The van der Waals surface area contributed by atoms with Crippen molar-refractivity contribution >= 4 is 11.9 Å². The van der Waals surface area contributed by atoms with Gasteiger partial charge in [-0.25, -0.2) is 0 Å². The Morgan fingerprint density at radius 3 is 0.846 bits per heavy atom. The predicted molar refractivity (Wildman–Crippen MR) is 402 cm³/mol. The quantitative estimate of drug-likeness (QED) is 0.0320. The molecule has 0 rings (SSSR count). The number of carbonyl (C=O) groups is 2. The van der Waals surface area contributed by atoms with Crippen molar-refractivity contribution in [2.75, 3.05) is 13.2 Å². The van der Waals surface area contributed by atoms with Crippen molar-refractivity contribution in [3.63, 3.8) is 0 Å². The molecule has 91 heavy (non-hydrogen) atoms. The molecule has 1 amide bonds. The van der Waals surface area contributed by atoms with Crippen LogP contribution in [0, 0.1) is 0 Å². The fourth-order valence-corrected chi connectivity index (χ4v) is 13.0. The summed E-state index contributed by atoms with van der Waals surface area (Å²) in [6.07, 6.45) is 107. The normalized spacial score (nSPS) is 12.7. The van der Waals surface area contributed by atoms with Gasteiger partial charge in [0.05, 0.1) is 25.4 Å². The maximum Gasteiger partial charge on any atom is 0.305 e. The van der Waals surface area contributed by atoms with E-state index in [1.165, 1.54) is 379 Å². The van der Waals surface area contributed by atoms with Gasteiger partial charge in [-0.2, -0.15) is 0 Å². The van der Waals surface area contributed by atoms with Crippen LogP contribution in [0.5, 0.6) is 0 Å². The summed E-state index contributed by atoms with van der Waals surface area (Å²) in [7, 11) is 0. The Kier molecular flexibility index (Phi) is 78.3. The SMILES string of the molecule is CCCCCCC/C=C\CCCCCCCC(=O)OCCCCCCCCCCCCCCC/C=C\C/C=C\CCCCCCCCCCCCCCCCCCCC(=O)NC(CO)C(O)/C=C/CCCCCCCCCCCCCCCCCCCCCCC. The van der Waals surface area contributed by atoms with Crippen LogP contribution in [-0.2, 0) is 14.3 Å². The van der Waals surface area contributed by atoms with Gasteiger partial charge in [-0.3, -0.25) is 9.59 Å². The van der Waals surface area contributed by atoms with Gasteiger partial charge in [0.2, 0.25) is 5.91 Å². The zero-order chi connectivity index (χ0) is 65.6. The first-order valence-electron chi connectivity index (χ1n) is 41.4. The third-order valence-electron chi connectivity index (χ3n) is 19.3. The number of allylic oxidation sites excluding steroid dienone is 7. The van der Waals surface area contributed by atoms with E-state index in [1.807, 2.05) is 6.08 Å². The summed E-state index contributed by atoms with van der Waals surface area (Å²) < 4.78 is 5.49. The Hall–Kier alpha value is -2.18. The monoisotopic (exact) mass is 1280 g/mol. The molecule has 0 aromatic carbocycles. The largest absolute Gasteiger partial charge is 0.466 e. The van der Waals surface area contributed by atoms with Crippen molar-refractivity contribution in [1.82, 2.24) is 5.32 Å². The van der Waals surface area contributed by atoms with Crippen molar-refractivity contribution in [1.29, 1.82) is 0 Å². The molecule has 0 saturated heterocycles. The molecule has 0 aliphatic heterocycles. The highest BCUT2D eigenvalue weighted by Gasteiger charge is 2.18. The molecule has 6 nitrogen and oxygen atoms in total. The van der Waals surface area contributed by atoms with Crippen LogP contribution in [0.25, 0.3) is 0 Å². The van der Waals surface area contributed by atoms with Crippen LogP contribution in [0.2, 0.25) is 0 Å². The Bertz CT molecular complexity index is 1520. The van der Waals surface area contributed by atoms with Crippen molar-refractivity contribution < 1.29 is 24.5 Å². The van der Waals surface area contributed by atoms with Crippen LogP contribution in [0.3, 0.4) is 0 Å². The molecule has 0 spiro atoms. The number of carbonyl (C=O) groups excluding carboxylic acids is 2. The van der Waals surface area contributed by atoms with Crippen LogP contribution in [-0.4, -0.2) is 47.4 Å². The highest BCUT2D eigenvalue weighted by Crippen LogP contribution is 2.20. The lowest BCUT2D eigenvalue weighted by Crippen LogP contribution is -2.45. The first-order chi connectivity index (χ1) is 45.0. The number of amides is 1. The molecule has 0 aromatic heterocycles. The minimum atomic E-state index is -0.845. The molecule has 0 radical (unpaired) electrons. The fourth-order valence-electron chi connectivity index (χ4n) is 13.0. The van der Waals surface area contributed by atoms with Crippen LogP contribution in [0.15, 0.2) is 48.6 Å². The standard InChI is InChI=1S/C85H161NO5/c1-3-5-7-9-11-13-15-17-19-20-21-22-38-41-44-47-50-53-57-61-65-69-73-77-83(88)82(81-87)86-84(89)78-74-70-66-62-58-54-51-48-45-42-39-36-34-32-30-28-26-24-23-25-27-29-31-33-35-37-40-43-46-49-52-56-60-64-68-72-76-80-91-85(90)79-75-71-67-63-59-55-18-16-14-12-10-8-6-4-2/h16,18,23,25,29,31,73,77,82-83,87-88H,3-15,17,19-22,24,26-28,30,32-72,74-76,78-81H2,1-2H3,(H,86,89)/b18-16-,25-23-,31-29-,77-73+. The minimum Gasteiger partial charge on any atom is -0.466 e. The van der Waals surface area contributed by atoms with Crippen LogP contribution in [0.1, 0.15) is 457 Å². The smallest absolute Gasteiger partial charge is 0.305 e. The lowest BCUT2D eigenvalue weighted by molar-refractivity contribution is -0.143. The summed E-state index contributed by atoms with van der Waals surface area (Å²) in [6, 6.07) is -0.628. The summed E-state index contributed by atoms with van der Waals surface area (Å²) in [6.45, 7) is 4.94. The van der Waals surface area contributed by atoms with Crippen molar-refractivity contribution in [2.24, 2.45) is 0 Å². The number of ether oxygens (including phenoxy) is 1. The maximum absolute atomic E-state index is 12.6. The molecular formula is C85H161NO5. The van der Waals surface area contributed by atoms with Crippen LogP contribution < -0.4 is 5.32 Å². The molecule has 0 bridgehead atoms. The van der Waals surface area contributed by atoms with Gasteiger partial charge >= 0.3 is 5.97 Å². The highest BCUT2D eigenvalue weighted by atomic mass is 16.5. The molecule has 2 unspecified atom stereocenters. The number of aliphatic hydroxyl groups excluding tert-OH is 2. The summed E-state index contributed by atoms with van der Waals surface area (Å²) in [5.74, 6) is -0.0500. The summed E-state index contributed by atoms with van der Waals surface area (Å²) in [5.41, 5.74) is 0. The van der Waals surface area contributed by atoms with Gasteiger partial charge in [0.25, 0.3) is 0 Å². The lowest BCUT2D eigenvalue weighted by Gasteiger charge is -2.20. The van der Waals surface area contributed by atoms with Gasteiger partial charge in [-0.15, -0.1) is 0 Å². The second-order valence-electron chi connectivity index (χ2n) is 28.4. The molecule has 0 aromatic rings. The van der Waals surface area contributed by atoms with Crippen molar-refractivity contribution in [3.8, 4) is 0 Å². The van der Waals surface area contributed by atoms with Gasteiger partial charge in [0, 0.05) is 12.8 Å². The first kappa shape index (κ1) is 88.8. The molecule has 0 aliphatic rings. The van der Waals surface area contributed by atoms with E-state index < -0.39 is 12.1 Å². The van der Waals surface area contributed by atoms with E-state index in [2.05, 4.69) is 55.6 Å². The second-order valence-corrected chi connectivity index (χ2v) is 28.4. The fraction of sp³-hybridized carbons (Fsp3) is 0.882. The molecule has 0 heterocycles. The van der Waals surface area contributed by atoms with Crippen LogP contribution in [0.4, 0.5) is 0 Å². The second kappa shape index (κ2) is 80.3. The number of hydrogen-bond donors (Lipinski definition) is 3. The molecule has 0 aliphatic carbocycles. The van der Waals surface area contributed by atoms with Gasteiger partial charge in [-0.1, -0.05) is 403 Å². The van der Waals surface area contributed by atoms with E-state index in [0.29, 0.717) is 19.4 Å². The molecule has 2 atom stereocenters. The Labute approximate surface area is 569 Å². The zero-order valence-corrected chi connectivity index (χ0v) is 61.6. The number of hydrogen-bond acceptors (Lipinski definition) is 5. The van der Waals surface area contributed by atoms with Gasteiger partial charge in [0.15, 0.2) is 0 Å². The van der Waals surface area contributed by atoms with E-state index in [4.69, 9.17) is 4.74 Å². The number of unbranched alkanes of at least 4 members (excludes halogenated alkanes) is 61. The Morgan fingerprint density at radius 1 is 0.308 bits per heavy atom. The number of rotatable bonds is 78. The van der Waals surface area contributed by atoms with E-state index in [1.54, 1.807) is 6.08 Å². The minimum absolute atomic E-state index is 0.0105. The molecule has 3 N–H and O–H groups in total. The first-order valence-corrected chi connectivity index (χ1v) is 41.4. The van der Waals surface area contributed by atoms with Crippen molar-refractivity contribution in [2.45, 2.75) is 469 Å². The molecule has 6 heteroatoms. The average Bonchev–Trinajstić information content (AvgIpc) is 3.66. The highest BCUT2D eigenvalue weighted by molar-refractivity contribution is 5.76. The van der Waals surface area contributed by atoms with Crippen molar-refractivity contribution in [3.05, 3.63) is 48.6 Å². The zero-order valence-electron chi connectivity index (χ0n) is 61.6. The topological polar surface area (TPSA) is 95.9 Å². The van der Waals surface area contributed by atoms with Crippen LogP contribution >= 0.6 is 0 Å². The predicted octanol–water partition coefficient (Wildman–Crippen LogP) is 27.5. The van der Waals surface area contributed by atoms with E-state index in [-0.39, 0.29) is 18.5 Å². The Balaban J connectivity index is 3.39. The number of aliphatic hydroxyl groups is 2. The number of esters is 1. The Morgan fingerprint density at radius 2 is 0.549 bits per heavy atom. The average molecular weight is 1280 g/mol. The summed E-state index contributed by atoms with van der Waals surface area (Å²) in [5, 5.41) is 23.3. The molecule has 0 fully saturated rings. The lowest BCUT2D eigenvalue weighted by atomic mass is 10.0. The molecule has 536 valence electrons. The summed E-state index contributed by atoms with van der Waals surface area (Å²) in [4.78, 5) is 24.6.